The number of hydrogen-bond donors (Lipinski definition) is 0. The van der Waals surface area contributed by atoms with Crippen LogP contribution in [-0.4, -0.2) is 48.1 Å². The Hall–Kier alpha value is -0.860. The van der Waals surface area contributed by atoms with Crippen molar-refractivity contribution in [2.45, 2.75) is 64.0 Å². The van der Waals surface area contributed by atoms with Crippen LogP contribution in [0.25, 0.3) is 0 Å². The lowest BCUT2D eigenvalue weighted by molar-refractivity contribution is 0.0574. The highest BCUT2D eigenvalue weighted by molar-refractivity contribution is 5.20. The Morgan fingerprint density at radius 1 is 0.955 bits per heavy atom. The second kappa shape index (κ2) is 7.61. The molecule has 1 saturated heterocycles. The van der Waals surface area contributed by atoms with Crippen molar-refractivity contribution in [3.05, 3.63) is 35.9 Å². The average molecular weight is 300 g/mol. The van der Waals surface area contributed by atoms with Gasteiger partial charge in [0, 0.05) is 38.3 Å². The van der Waals surface area contributed by atoms with E-state index >= 15 is 0 Å². The maximum absolute atomic E-state index is 2.78. The molecular weight excluding hydrogens is 268 g/mol. The zero-order valence-electron chi connectivity index (χ0n) is 14.4. The van der Waals surface area contributed by atoms with Crippen LogP contribution in [0.15, 0.2) is 30.3 Å². The predicted molar refractivity (Wildman–Crippen MR) is 94.3 cm³/mol. The molecule has 0 radical (unpaired) electrons. The van der Waals surface area contributed by atoms with Crippen molar-refractivity contribution in [2.24, 2.45) is 0 Å². The van der Waals surface area contributed by atoms with Crippen LogP contribution < -0.4 is 0 Å². The molecule has 22 heavy (non-hydrogen) atoms. The number of rotatable bonds is 4. The third-order valence-electron chi connectivity index (χ3n) is 6.05. The van der Waals surface area contributed by atoms with Crippen molar-refractivity contribution in [1.82, 2.24) is 9.80 Å². The summed E-state index contributed by atoms with van der Waals surface area (Å²) in [6.07, 6.45) is 6.81. The molecule has 2 fully saturated rings. The first-order valence-corrected chi connectivity index (χ1v) is 9.31. The first-order valence-electron chi connectivity index (χ1n) is 9.31. The number of benzene rings is 1. The van der Waals surface area contributed by atoms with E-state index in [0.29, 0.717) is 0 Å². The standard InChI is InChI=1S/C20H32N2/c1-3-17(2)21-13-15-22(16-14-21)20-11-9-19(10-12-20)18-7-5-4-6-8-18/h4-8,17,19-20H,3,9-16H2,1-2H3/t17-,19?,20?/m0/s1. The van der Waals surface area contributed by atoms with Crippen LogP contribution in [-0.2, 0) is 0 Å². The van der Waals surface area contributed by atoms with Crippen molar-refractivity contribution < 1.29 is 0 Å². The van der Waals surface area contributed by atoms with Gasteiger partial charge in [-0.25, -0.2) is 0 Å². The zero-order chi connectivity index (χ0) is 15.4. The molecule has 1 saturated carbocycles. The van der Waals surface area contributed by atoms with Crippen molar-refractivity contribution in [1.29, 1.82) is 0 Å². The van der Waals surface area contributed by atoms with Gasteiger partial charge in [0.25, 0.3) is 0 Å². The van der Waals surface area contributed by atoms with E-state index in [1.165, 1.54) is 58.3 Å². The summed E-state index contributed by atoms with van der Waals surface area (Å²) in [6, 6.07) is 12.7. The van der Waals surface area contributed by atoms with Crippen LogP contribution in [0.5, 0.6) is 0 Å². The Morgan fingerprint density at radius 3 is 2.18 bits per heavy atom. The minimum atomic E-state index is 0.760. The van der Waals surface area contributed by atoms with Gasteiger partial charge in [-0.15, -0.1) is 0 Å². The fourth-order valence-corrected chi connectivity index (χ4v) is 4.30. The van der Waals surface area contributed by atoms with Crippen LogP contribution in [0.2, 0.25) is 0 Å². The normalized spacial score (nSPS) is 29.4. The number of nitrogens with zero attached hydrogens (tertiary/aromatic N) is 2. The van der Waals surface area contributed by atoms with E-state index in [2.05, 4.69) is 54.0 Å². The molecule has 2 aliphatic rings. The maximum Gasteiger partial charge on any atom is 0.0113 e. The molecule has 3 rings (SSSR count). The molecule has 2 nitrogen and oxygen atoms in total. The van der Waals surface area contributed by atoms with Crippen LogP contribution in [0.1, 0.15) is 57.4 Å². The van der Waals surface area contributed by atoms with Gasteiger partial charge in [0.1, 0.15) is 0 Å². The fraction of sp³-hybridized carbons (Fsp3) is 0.700. The second-order valence-electron chi connectivity index (χ2n) is 7.25. The smallest absolute Gasteiger partial charge is 0.0113 e. The molecule has 0 spiro atoms. The lowest BCUT2D eigenvalue weighted by Crippen LogP contribution is -2.53. The topological polar surface area (TPSA) is 6.48 Å². The van der Waals surface area contributed by atoms with Crippen LogP contribution in [0, 0.1) is 0 Å². The van der Waals surface area contributed by atoms with Gasteiger partial charge in [0.15, 0.2) is 0 Å². The quantitative estimate of drug-likeness (QED) is 0.825. The lowest BCUT2D eigenvalue weighted by Gasteiger charge is -2.43. The summed E-state index contributed by atoms with van der Waals surface area (Å²) in [5.74, 6) is 0.804. The van der Waals surface area contributed by atoms with E-state index in [4.69, 9.17) is 0 Å². The van der Waals surface area contributed by atoms with Crippen molar-refractivity contribution in [2.75, 3.05) is 26.2 Å². The SMILES string of the molecule is CC[C@H](C)N1CCN(C2CCC(c3ccccc3)CC2)CC1. The number of piperazine rings is 1. The average Bonchev–Trinajstić information content (AvgIpc) is 2.62. The molecule has 2 heteroatoms. The van der Waals surface area contributed by atoms with E-state index in [1.807, 2.05) is 0 Å². The van der Waals surface area contributed by atoms with E-state index in [1.54, 1.807) is 5.56 Å². The third kappa shape index (κ3) is 3.72. The zero-order valence-corrected chi connectivity index (χ0v) is 14.4. The molecular formula is C20H32N2. The summed E-state index contributed by atoms with van der Waals surface area (Å²) < 4.78 is 0. The Morgan fingerprint density at radius 2 is 1.59 bits per heavy atom. The van der Waals surface area contributed by atoms with Crippen molar-refractivity contribution >= 4 is 0 Å². The molecule has 1 aromatic carbocycles. The first kappa shape index (κ1) is 16.0. The minimum Gasteiger partial charge on any atom is -0.298 e. The highest BCUT2D eigenvalue weighted by Crippen LogP contribution is 2.34. The van der Waals surface area contributed by atoms with Crippen LogP contribution in [0.4, 0.5) is 0 Å². The highest BCUT2D eigenvalue weighted by Gasteiger charge is 2.29. The fourth-order valence-electron chi connectivity index (χ4n) is 4.30. The van der Waals surface area contributed by atoms with Gasteiger partial charge in [-0.05, 0) is 50.5 Å². The summed E-state index contributed by atoms with van der Waals surface area (Å²) in [5, 5.41) is 0. The lowest BCUT2D eigenvalue weighted by atomic mass is 9.81. The Kier molecular flexibility index (Phi) is 5.54. The Labute approximate surface area is 136 Å². The molecule has 0 unspecified atom stereocenters. The van der Waals surface area contributed by atoms with Gasteiger partial charge in [0.2, 0.25) is 0 Å². The van der Waals surface area contributed by atoms with Gasteiger partial charge in [0.05, 0.1) is 0 Å². The van der Waals surface area contributed by atoms with Crippen molar-refractivity contribution in [3.8, 4) is 0 Å². The molecule has 1 aliphatic carbocycles. The van der Waals surface area contributed by atoms with Gasteiger partial charge in [-0.2, -0.15) is 0 Å². The Balaban J connectivity index is 1.46. The maximum atomic E-state index is 2.78. The largest absolute Gasteiger partial charge is 0.298 e. The van der Waals surface area contributed by atoms with E-state index < -0.39 is 0 Å². The predicted octanol–water partition coefficient (Wildman–Crippen LogP) is 4.13. The van der Waals surface area contributed by atoms with Crippen LogP contribution in [0.3, 0.4) is 0 Å². The van der Waals surface area contributed by atoms with Gasteiger partial charge >= 0.3 is 0 Å². The molecule has 1 aliphatic heterocycles. The summed E-state index contributed by atoms with van der Waals surface area (Å²) in [5.41, 5.74) is 1.56. The summed E-state index contributed by atoms with van der Waals surface area (Å²) in [7, 11) is 0. The molecule has 1 aromatic rings. The van der Waals surface area contributed by atoms with Crippen LogP contribution >= 0.6 is 0 Å². The molecule has 0 aromatic heterocycles. The Bertz CT molecular complexity index is 428. The second-order valence-corrected chi connectivity index (χ2v) is 7.25. The summed E-state index contributed by atoms with van der Waals surface area (Å²) in [6.45, 7) is 9.79. The van der Waals surface area contributed by atoms with E-state index in [-0.39, 0.29) is 0 Å². The number of hydrogen-bond acceptors (Lipinski definition) is 2. The third-order valence-corrected chi connectivity index (χ3v) is 6.05. The molecule has 122 valence electrons. The van der Waals surface area contributed by atoms with E-state index in [0.717, 1.165) is 18.0 Å². The van der Waals surface area contributed by atoms with Crippen molar-refractivity contribution in [3.63, 3.8) is 0 Å². The summed E-state index contributed by atoms with van der Waals surface area (Å²) >= 11 is 0. The van der Waals surface area contributed by atoms with E-state index in [9.17, 15) is 0 Å². The molecule has 0 bridgehead atoms. The highest BCUT2D eigenvalue weighted by atomic mass is 15.3. The minimum absolute atomic E-state index is 0.760. The van der Waals surface area contributed by atoms with Gasteiger partial charge < -0.3 is 0 Å². The molecule has 0 N–H and O–H groups in total. The molecule has 1 atom stereocenters. The van der Waals surface area contributed by atoms with Gasteiger partial charge in [-0.1, -0.05) is 37.3 Å². The first-order chi connectivity index (χ1) is 10.8. The molecule has 0 amide bonds. The van der Waals surface area contributed by atoms with Gasteiger partial charge in [-0.3, -0.25) is 9.80 Å². The summed E-state index contributed by atoms with van der Waals surface area (Å²) in [4.78, 5) is 5.45. The monoisotopic (exact) mass is 300 g/mol. The molecule has 1 heterocycles.